The number of halogens is 2. The van der Waals surface area contributed by atoms with Crippen LogP contribution in [0.1, 0.15) is 0 Å². The zero-order valence-corrected chi connectivity index (χ0v) is 13.1. The van der Waals surface area contributed by atoms with Gasteiger partial charge in [-0.25, -0.2) is 0 Å². The average Bonchev–Trinajstić information content (AvgIpc) is 2.33. The molecule has 3 heteroatoms. The third kappa shape index (κ3) is 11.7. The van der Waals surface area contributed by atoms with Gasteiger partial charge in [0.2, 0.25) is 0 Å². The van der Waals surface area contributed by atoms with Crippen molar-refractivity contribution in [3.8, 4) is 0 Å². The van der Waals surface area contributed by atoms with E-state index in [-0.39, 0.29) is 49.2 Å². The van der Waals surface area contributed by atoms with Crippen molar-refractivity contribution in [2.24, 2.45) is 0 Å². The Morgan fingerprint density at radius 1 is 1.12 bits per heavy atom. The van der Waals surface area contributed by atoms with E-state index in [0.29, 0.717) is 0 Å². The summed E-state index contributed by atoms with van der Waals surface area (Å²) in [7, 11) is 0. The molecule has 0 atom stereocenters. The summed E-state index contributed by atoms with van der Waals surface area (Å²) in [5.74, 6) is 0. The van der Waals surface area contributed by atoms with Gasteiger partial charge in [-0.05, 0) is 6.07 Å². The van der Waals surface area contributed by atoms with Crippen molar-refractivity contribution in [2.45, 2.75) is 0 Å². The van der Waals surface area contributed by atoms with Crippen molar-refractivity contribution in [3.05, 3.63) is 85.0 Å². The van der Waals surface area contributed by atoms with Gasteiger partial charge in [-0.15, -0.1) is 6.08 Å². The summed E-state index contributed by atoms with van der Waals surface area (Å²) in [6.45, 7) is 5.19. The third-order valence-electron chi connectivity index (χ3n) is 1.52. The van der Waals surface area contributed by atoms with E-state index >= 15 is 0 Å². The predicted molar refractivity (Wildman–Crippen MR) is 64.9 cm³/mol. The first kappa shape index (κ1) is 21.7. The molecule has 1 aliphatic rings. The smallest absolute Gasteiger partial charge is 0.141 e. The van der Waals surface area contributed by atoms with Gasteiger partial charge in [0.1, 0.15) is 6.08 Å². The average molecular weight is 372 g/mol. The second-order valence-electron chi connectivity index (χ2n) is 2.56. The molecule has 2 rings (SSSR count). The molecule has 17 heavy (non-hydrogen) atoms. The van der Waals surface area contributed by atoms with Crippen molar-refractivity contribution >= 4 is 24.4 Å². The number of benzene rings is 1. The van der Waals surface area contributed by atoms with Crippen LogP contribution in [-0.4, -0.2) is 24.4 Å². The molecular weight excluding hydrogens is 361 g/mol. The minimum absolute atomic E-state index is 0. The van der Waals surface area contributed by atoms with Crippen LogP contribution < -0.4 is 24.8 Å². The van der Waals surface area contributed by atoms with Crippen molar-refractivity contribution < 1.29 is 24.8 Å². The van der Waals surface area contributed by atoms with E-state index in [1.165, 1.54) is 6.08 Å². The van der Waals surface area contributed by atoms with E-state index in [2.05, 4.69) is 11.8 Å². The minimum Gasteiger partial charge on any atom is -1.00 e. The largest absolute Gasteiger partial charge is 1.00 e. The maximum absolute atomic E-state index is 5.19. The summed E-state index contributed by atoms with van der Waals surface area (Å²) in [6.07, 6.45) is 9.10. The topological polar surface area (TPSA) is 0 Å². The molecule has 0 aliphatic heterocycles. The molecule has 88 valence electrons. The first-order valence-corrected chi connectivity index (χ1v) is 4.36. The van der Waals surface area contributed by atoms with Crippen LogP contribution >= 0.6 is 0 Å². The molecule has 0 saturated carbocycles. The number of hydrogen-bond acceptors (Lipinski definition) is 0. The fourth-order valence-electron chi connectivity index (χ4n) is 0.853. The minimum atomic E-state index is 0. The molecule has 1 aromatic rings. The summed E-state index contributed by atoms with van der Waals surface area (Å²) >= 11 is 0. The Balaban J connectivity index is -0.000000201. The summed E-state index contributed by atoms with van der Waals surface area (Å²) < 4.78 is 0. The van der Waals surface area contributed by atoms with E-state index in [1.807, 2.05) is 55.0 Å². The van der Waals surface area contributed by atoms with Crippen LogP contribution in [0.3, 0.4) is 0 Å². The molecule has 1 aliphatic carbocycles. The van der Waals surface area contributed by atoms with Gasteiger partial charge >= 0.3 is 0 Å². The molecule has 0 bridgehead atoms. The molecule has 0 unspecified atom stereocenters. The van der Waals surface area contributed by atoms with Gasteiger partial charge in [0.15, 0.2) is 0 Å². The summed E-state index contributed by atoms with van der Waals surface area (Å²) in [6, 6.07) is 12.5. The normalized spacial score (nSPS) is 9.71. The molecule has 0 heterocycles. The molecule has 0 fully saturated rings. The fraction of sp³-hybridized carbons (Fsp3) is 0. The first-order chi connectivity index (χ1) is 6.93. The molecule has 0 amide bonds. The summed E-state index contributed by atoms with van der Waals surface area (Å²) in [5, 5.41) is 0. The Labute approximate surface area is 133 Å². The fourth-order valence-corrected chi connectivity index (χ4v) is 0.853. The Morgan fingerprint density at radius 2 is 1.76 bits per heavy atom. The quantitative estimate of drug-likeness (QED) is 0.279. The van der Waals surface area contributed by atoms with E-state index in [4.69, 9.17) is 6.58 Å². The van der Waals surface area contributed by atoms with Gasteiger partial charge in [-0.3, -0.25) is 0 Å². The van der Waals surface area contributed by atoms with Crippen LogP contribution in [-0.2, 0) is 0 Å². The van der Waals surface area contributed by atoms with Gasteiger partial charge in [-0.1, -0.05) is 36.4 Å². The van der Waals surface area contributed by atoms with E-state index in [9.17, 15) is 0 Å². The van der Waals surface area contributed by atoms with Crippen LogP contribution in [0.15, 0.2) is 65.9 Å². The van der Waals surface area contributed by atoms with Crippen molar-refractivity contribution in [3.63, 3.8) is 0 Å². The van der Waals surface area contributed by atoms with Crippen LogP contribution in [0.2, 0.25) is 0 Å². The van der Waals surface area contributed by atoms with E-state index in [1.54, 1.807) is 0 Å². The van der Waals surface area contributed by atoms with Crippen LogP contribution in [0.25, 0.3) is 0 Å². The van der Waals surface area contributed by atoms with Gasteiger partial charge in [0.25, 0.3) is 0 Å². The maximum Gasteiger partial charge on any atom is 0.141 e. The second kappa shape index (κ2) is 15.4. The SMILES string of the molecule is [CH+]=CC1=C=C[CH-]C=C1.[Cl-].[Cl-].[Sb].[c]1ccccc1. The van der Waals surface area contributed by atoms with Crippen LogP contribution in [0.5, 0.6) is 0 Å². The predicted octanol–water partition coefficient (Wildman–Crippen LogP) is -3.05. The van der Waals surface area contributed by atoms with Gasteiger partial charge in [-0.2, -0.15) is 18.2 Å². The third-order valence-corrected chi connectivity index (χ3v) is 1.52. The van der Waals surface area contributed by atoms with Crippen LogP contribution in [0.4, 0.5) is 0 Å². The molecule has 0 nitrogen and oxygen atoms in total. The van der Waals surface area contributed by atoms with E-state index < -0.39 is 0 Å². The number of rotatable bonds is 1. The zero-order valence-electron chi connectivity index (χ0n) is 9.05. The zero-order chi connectivity index (χ0) is 10.1. The Morgan fingerprint density at radius 3 is 2.00 bits per heavy atom. The second-order valence-corrected chi connectivity index (χ2v) is 2.56. The number of allylic oxidation sites excluding steroid dienone is 4. The van der Waals surface area contributed by atoms with E-state index in [0.717, 1.165) is 5.57 Å². The molecule has 0 spiro atoms. The Hall–Kier alpha value is -0.602. The molecule has 0 N–H and O–H groups in total. The molecular formula is C14H11Cl2Sb-2. The maximum atomic E-state index is 5.19. The van der Waals surface area contributed by atoms with Gasteiger partial charge < -0.3 is 24.8 Å². The number of hydrogen-bond donors (Lipinski definition) is 0. The molecule has 4 radical (unpaired) electrons. The van der Waals surface area contributed by atoms with Crippen molar-refractivity contribution in [1.82, 2.24) is 0 Å². The van der Waals surface area contributed by atoms with Crippen LogP contribution in [0, 0.1) is 19.1 Å². The molecule has 0 aromatic heterocycles. The summed E-state index contributed by atoms with van der Waals surface area (Å²) in [5.41, 5.74) is 3.88. The summed E-state index contributed by atoms with van der Waals surface area (Å²) in [4.78, 5) is 0. The monoisotopic (exact) mass is 370 g/mol. The van der Waals surface area contributed by atoms with Gasteiger partial charge in [0, 0.05) is 36.6 Å². The van der Waals surface area contributed by atoms with Crippen molar-refractivity contribution in [1.29, 1.82) is 0 Å². The molecule has 0 saturated heterocycles. The Bertz CT molecular complexity index is 336. The standard InChI is InChI=1S/C8H6.C6H5.2ClH.Sb/c1-2-8-6-4-3-5-7-8;1-2-4-6-5-3-1;;;/h1-6H;1-5H;2*1H;/p-2. The Kier molecular flexibility index (Phi) is 19.6. The van der Waals surface area contributed by atoms with Gasteiger partial charge in [0.05, 0.1) is 0 Å². The molecule has 1 aromatic carbocycles. The van der Waals surface area contributed by atoms with Crippen molar-refractivity contribution in [2.75, 3.05) is 0 Å². The first-order valence-electron chi connectivity index (χ1n) is 4.36.